The molecule has 0 radical (unpaired) electrons. The summed E-state index contributed by atoms with van der Waals surface area (Å²) in [6.45, 7) is 0. The number of rotatable bonds is 7. The summed E-state index contributed by atoms with van der Waals surface area (Å²) >= 11 is 0. The average molecular weight is 1070 g/mol. The smallest absolute Gasteiger partial charge is 0.0992 e. The van der Waals surface area contributed by atoms with E-state index in [1.165, 1.54) is 0 Å². The molecule has 0 bridgehead atoms. The van der Waals surface area contributed by atoms with E-state index in [0.29, 0.717) is 22.3 Å². The van der Waals surface area contributed by atoms with Crippen LogP contribution in [0.1, 0.15) is 22.3 Å². The van der Waals surface area contributed by atoms with Gasteiger partial charge in [-0.25, -0.2) is 0 Å². The normalized spacial score (nSPS) is 11.5. The van der Waals surface area contributed by atoms with Gasteiger partial charge in [-0.3, -0.25) is 0 Å². The number of para-hydroxylation sites is 6. The Morgan fingerprint density at radius 1 is 0.214 bits per heavy atom. The van der Waals surface area contributed by atoms with E-state index in [2.05, 4.69) is 225 Å². The Balaban J connectivity index is 0.867. The second-order valence-corrected chi connectivity index (χ2v) is 21.4. The van der Waals surface area contributed by atoms with Gasteiger partial charge in [0.2, 0.25) is 0 Å². The fourth-order valence-electron chi connectivity index (χ4n) is 13.2. The molecule has 16 rings (SSSR count). The first-order valence-electron chi connectivity index (χ1n) is 27.7. The first-order chi connectivity index (χ1) is 41.5. The Bertz CT molecular complexity index is 5240. The molecule has 4 heterocycles. The highest BCUT2D eigenvalue weighted by Gasteiger charge is 2.24. The van der Waals surface area contributed by atoms with Gasteiger partial charge in [-0.05, 0) is 156 Å². The molecule has 0 amide bonds. The zero-order valence-corrected chi connectivity index (χ0v) is 44.8. The zero-order chi connectivity index (χ0) is 56.2. The predicted molar refractivity (Wildman–Crippen MR) is 339 cm³/mol. The van der Waals surface area contributed by atoms with Crippen LogP contribution in [0.5, 0.6) is 0 Å². The third-order valence-electron chi connectivity index (χ3n) is 16.8. The second-order valence-electron chi connectivity index (χ2n) is 21.4. The summed E-state index contributed by atoms with van der Waals surface area (Å²) in [4.78, 5) is 0. The number of hydrogen-bond acceptors (Lipinski definition) is 4. The van der Waals surface area contributed by atoms with Crippen LogP contribution in [-0.4, -0.2) is 18.3 Å². The van der Waals surface area contributed by atoms with Crippen molar-refractivity contribution in [3.05, 3.63) is 277 Å². The maximum atomic E-state index is 10.6. The molecule has 0 spiro atoms. The molecule has 0 aliphatic rings. The largest absolute Gasteiger partial charge is 0.309 e. The Morgan fingerprint density at radius 3 is 0.845 bits per heavy atom. The lowest BCUT2D eigenvalue weighted by atomic mass is 9.96. The molecule has 0 aliphatic heterocycles. The van der Waals surface area contributed by atoms with Crippen molar-refractivity contribution < 1.29 is 0 Å². The van der Waals surface area contributed by atoms with Crippen molar-refractivity contribution in [3.8, 4) is 80.4 Å². The van der Waals surface area contributed by atoms with E-state index in [1.807, 2.05) is 72.8 Å². The Morgan fingerprint density at radius 2 is 0.512 bits per heavy atom. The molecular formula is C76H42N8. The molecule has 16 aromatic rings. The molecule has 0 atom stereocenters. The first kappa shape index (κ1) is 47.8. The van der Waals surface area contributed by atoms with Crippen molar-refractivity contribution in [1.82, 2.24) is 18.3 Å². The van der Waals surface area contributed by atoms with E-state index in [0.717, 1.165) is 143 Å². The van der Waals surface area contributed by atoms with Gasteiger partial charge in [-0.15, -0.1) is 0 Å². The predicted octanol–water partition coefficient (Wildman–Crippen LogP) is 18.6. The monoisotopic (exact) mass is 1070 g/mol. The highest BCUT2D eigenvalue weighted by molar-refractivity contribution is 6.14. The Kier molecular flexibility index (Phi) is 10.6. The maximum absolute atomic E-state index is 10.6. The average Bonchev–Trinajstić information content (AvgIpc) is 4.39. The number of nitrogens with zero attached hydrogens (tertiary/aromatic N) is 8. The van der Waals surface area contributed by atoms with Crippen molar-refractivity contribution in [1.29, 1.82) is 21.0 Å². The van der Waals surface area contributed by atoms with E-state index in [-0.39, 0.29) is 0 Å². The molecule has 0 unspecified atom stereocenters. The summed E-state index contributed by atoms with van der Waals surface area (Å²) in [5, 5.41) is 51.0. The molecule has 12 aromatic carbocycles. The highest BCUT2D eigenvalue weighted by atomic mass is 15.0. The second kappa shape index (κ2) is 18.7. The van der Waals surface area contributed by atoms with Gasteiger partial charge in [0.25, 0.3) is 0 Å². The lowest BCUT2D eigenvalue weighted by molar-refractivity contribution is 1.16. The topological polar surface area (TPSA) is 115 Å². The lowest BCUT2D eigenvalue weighted by Gasteiger charge is -2.19. The van der Waals surface area contributed by atoms with Crippen LogP contribution < -0.4 is 0 Å². The van der Waals surface area contributed by atoms with E-state index in [9.17, 15) is 21.0 Å². The Hall–Kier alpha value is -12.2. The summed E-state index contributed by atoms with van der Waals surface area (Å²) in [6, 6.07) is 97.0. The summed E-state index contributed by atoms with van der Waals surface area (Å²) in [7, 11) is 0. The van der Waals surface area contributed by atoms with Crippen LogP contribution >= 0.6 is 0 Å². The van der Waals surface area contributed by atoms with E-state index < -0.39 is 0 Å². The minimum absolute atomic E-state index is 0.480. The molecule has 8 heteroatoms. The fraction of sp³-hybridized carbons (Fsp3) is 0. The zero-order valence-electron chi connectivity index (χ0n) is 44.8. The minimum atomic E-state index is 0.480. The summed E-state index contributed by atoms with van der Waals surface area (Å²) in [5.74, 6) is 0. The lowest BCUT2D eigenvalue weighted by Crippen LogP contribution is -2.02. The fourth-order valence-corrected chi connectivity index (χ4v) is 13.2. The maximum Gasteiger partial charge on any atom is 0.0992 e. The van der Waals surface area contributed by atoms with Gasteiger partial charge in [0.1, 0.15) is 0 Å². The standard InChI is InChI=1S/C76H42N8/c77-43-47-25-29-73(83-71-23-11-5-17-61(71)65-41-51(27-31-75(65)83)53-33-49(45-79)35-55(39-53)81-67-19-7-1-13-57(67)58-14-2-8-20-68(58)81)63(37-47)64-38-48(44-78)26-30-74(64)84-72-24-12-6-18-62(72)66-42-52(28-32-76(66)84)54-34-50(46-80)36-56(40-54)82-69-21-9-3-15-59(69)60-16-4-10-22-70(60)82/h1-42H. The van der Waals surface area contributed by atoms with Crippen molar-refractivity contribution in [2.75, 3.05) is 0 Å². The Labute approximate surface area is 481 Å². The minimum Gasteiger partial charge on any atom is -0.309 e. The van der Waals surface area contributed by atoms with Crippen molar-refractivity contribution >= 4 is 87.2 Å². The van der Waals surface area contributed by atoms with Gasteiger partial charge in [0.15, 0.2) is 0 Å². The number of hydrogen-bond donors (Lipinski definition) is 0. The first-order valence-corrected chi connectivity index (χ1v) is 27.7. The number of nitriles is 4. The third kappa shape index (κ3) is 7.23. The molecule has 0 saturated carbocycles. The van der Waals surface area contributed by atoms with E-state index >= 15 is 0 Å². The van der Waals surface area contributed by atoms with Crippen LogP contribution in [0.25, 0.3) is 143 Å². The SMILES string of the molecule is N#Cc1cc(-c2ccc3c(c2)c2ccccc2n3-c2ccc(C#N)cc2-c2cc(C#N)ccc2-n2c3ccccc3c3cc(-c4cc(C#N)cc(-n5c6ccccc6c6ccccc65)c4)ccc32)cc(-n2c3ccccc3c3ccccc32)c1. The quantitative estimate of drug-likeness (QED) is 0.158. The van der Waals surface area contributed by atoms with Crippen molar-refractivity contribution in [2.24, 2.45) is 0 Å². The van der Waals surface area contributed by atoms with Gasteiger partial charge < -0.3 is 18.3 Å². The van der Waals surface area contributed by atoms with Gasteiger partial charge in [0, 0.05) is 65.6 Å². The molecule has 8 nitrogen and oxygen atoms in total. The van der Waals surface area contributed by atoms with Gasteiger partial charge >= 0.3 is 0 Å². The van der Waals surface area contributed by atoms with Crippen LogP contribution in [0.15, 0.2) is 255 Å². The highest BCUT2D eigenvalue weighted by Crippen LogP contribution is 2.44. The molecule has 0 saturated heterocycles. The van der Waals surface area contributed by atoms with Gasteiger partial charge in [-0.1, -0.05) is 121 Å². The number of benzene rings is 12. The van der Waals surface area contributed by atoms with Gasteiger partial charge in [-0.2, -0.15) is 21.0 Å². The van der Waals surface area contributed by atoms with Crippen molar-refractivity contribution in [2.45, 2.75) is 0 Å². The summed E-state index contributed by atoms with van der Waals surface area (Å²) < 4.78 is 9.03. The summed E-state index contributed by atoms with van der Waals surface area (Å²) in [6.07, 6.45) is 0. The molecule has 84 heavy (non-hydrogen) atoms. The van der Waals surface area contributed by atoms with E-state index in [4.69, 9.17) is 0 Å². The number of aromatic nitrogens is 4. The molecule has 386 valence electrons. The van der Waals surface area contributed by atoms with Crippen molar-refractivity contribution in [3.63, 3.8) is 0 Å². The summed E-state index contributed by atoms with van der Waals surface area (Å²) in [5.41, 5.74) is 19.0. The molecule has 0 aliphatic carbocycles. The molecule has 0 fully saturated rings. The molecule has 0 N–H and O–H groups in total. The van der Waals surface area contributed by atoms with Crippen LogP contribution in [0, 0.1) is 45.3 Å². The molecular weight excluding hydrogens is 1020 g/mol. The van der Waals surface area contributed by atoms with Crippen LogP contribution in [0.4, 0.5) is 0 Å². The number of fused-ring (bicyclic) bond motifs is 12. The van der Waals surface area contributed by atoms with E-state index in [1.54, 1.807) is 0 Å². The van der Waals surface area contributed by atoms with Crippen LogP contribution in [-0.2, 0) is 0 Å². The third-order valence-corrected chi connectivity index (χ3v) is 16.8. The van der Waals surface area contributed by atoms with Gasteiger partial charge in [0.05, 0.1) is 102 Å². The van der Waals surface area contributed by atoms with Crippen LogP contribution in [0.3, 0.4) is 0 Å². The van der Waals surface area contributed by atoms with Crippen LogP contribution in [0.2, 0.25) is 0 Å². The molecule has 4 aromatic heterocycles.